The average Bonchev–Trinajstić information content (AvgIpc) is 2.77. The summed E-state index contributed by atoms with van der Waals surface area (Å²) in [6, 6.07) is 0.730. The summed E-state index contributed by atoms with van der Waals surface area (Å²) in [6.07, 6.45) is 9.73. The van der Waals surface area contributed by atoms with Gasteiger partial charge in [-0.2, -0.15) is 0 Å². The van der Waals surface area contributed by atoms with Crippen molar-refractivity contribution in [2.75, 3.05) is 19.8 Å². The van der Waals surface area contributed by atoms with Gasteiger partial charge in [0, 0.05) is 19.3 Å². The second kappa shape index (κ2) is 9.00. The van der Waals surface area contributed by atoms with Gasteiger partial charge in [-0.1, -0.05) is 32.6 Å². The van der Waals surface area contributed by atoms with Crippen LogP contribution in [0.1, 0.15) is 58.8 Å². The molecular weight excluding hydrogens is 198 g/mol. The minimum absolute atomic E-state index is 0.730. The van der Waals surface area contributed by atoms with E-state index in [4.69, 9.17) is 4.74 Å². The van der Waals surface area contributed by atoms with Crippen LogP contribution in [-0.4, -0.2) is 25.8 Å². The lowest BCUT2D eigenvalue weighted by Crippen LogP contribution is -2.31. The first-order valence-corrected chi connectivity index (χ1v) is 7.18. The van der Waals surface area contributed by atoms with Crippen molar-refractivity contribution in [2.24, 2.45) is 5.92 Å². The lowest BCUT2D eigenvalue weighted by atomic mass is 9.95. The Kier molecular flexibility index (Phi) is 7.87. The zero-order valence-electron chi connectivity index (χ0n) is 11.1. The van der Waals surface area contributed by atoms with E-state index < -0.39 is 0 Å². The van der Waals surface area contributed by atoms with E-state index in [1.54, 1.807) is 0 Å². The third kappa shape index (κ3) is 5.86. The Hall–Kier alpha value is -0.0800. The number of nitrogens with one attached hydrogen (secondary N) is 1. The van der Waals surface area contributed by atoms with Crippen LogP contribution >= 0.6 is 0 Å². The summed E-state index contributed by atoms with van der Waals surface area (Å²) >= 11 is 0. The summed E-state index contributed by atoms with van der Waals surface area (Å²) in [5, 5.41) is 3.63. The zero-order chi connectivity index (χ0) is 11.6. The van der Waals surface area contributed by atoms with Gasteiger partial charge in [0.15, 0.2) is 0 Å². The van der Waals surface area contributed by atoms with Crippen molar-refractivity contribution in [1.82, 2.24) is 5.32 Å². The first kappa shape index (κ1) is 14.0. The topological polar surface area (TPSA) is 21.3 Å². The maximum Gasteiger partial charge on any atom is 0.0466 e. The van der Waals surface area contributed by atoms with Crippen LogP contribution in [0.4, 0.5) is 0 Å². The van der Waals surface area contributed by atoms with Crippen LogP contribution < -0.4 is 5.32 Å². The van der Waals surface area contributed by atoms with E-state index in [9.17, 15) is 0 Å². The summed E-state index contributed by atoms with van der Waals surface area (Å²) in [5.74, 6) is 0.996. The first-order chi connectivity index (χ1) is 7.86. The predicted octanol–water partition coefficient (Wildman–Crippen LogP) is 3.36. The molecule has 0 heterocycles. The van der Waals surface area contributed by atoms with Crippen molar-refractivity contribution < 1.29 is 4.74 Å². The third-order valence-electron chi connectivity index (χ3n) is 3.63. The van der Waals surface area contributed by atoms with Gasteiger partial charge >= 0.3 is 0 Å². The lowest BCUT2D eigenvalue weighted by Gasteiger charge is -2.21. The number of ether oxygens (including phenoxy) is 1. The molecule has 1 aliphatic rings. The van der Waals surface area contributed by atoms with Crippen LogP contribution in [-0.2, 0) is 4.74 Å². The van der Waals surface area contributed by atoms with Crippen LogP contribution in [0.25, 0.3) is 0 Å². The van der Waals surface area contributed by atoms with Gasteiger partial charge in [-0.15, -0.1) is 0 Å². The first-order valence-electron chi connectivity index (χ1n) is 7.18. The lowest BCUT2D eigenvalue weighted by molar-refractivity contribution is 0.139. The molecule has 1 saturated carbocycles. The molecule has 0 spiro atoms. The van der Waals surface area contributed by atoms with Crippen molar-refractivity contribution in [1.29, 1.82) is 0 Å². The Morgan fingerprint density at radius 1 is 1.25 bits per heavy atom. The summed E-state index contributed by atoms with van der Waals surface area (Å²) in [6.45, 7) is 7.17. The van der Waals surface area contributed by atoms with Gasteiger partial charge < -0.3 is 10.1 Å². The molecule has 0 aliphatic heterocycles. The van der Waals surface area contributed by atoms with E-state index in [0.717, 1.165) is 31.7 Å². The maximum absolute atomic E-state index is 5.40. The highest BCUT2D eigenvalue weighted by Gasteiger charge is 2.19. The van der Waals surface area contributed by atoms with E-state index in [0.29, 0.717) is 0 Å². The highest BCUT2D eigenvalue weighted by atomic mass is 16.5. The molecule has 1 unspecified atom stereocenters. The molecule has 1 atom stereocenters. The minimum Gasteiger partial charge on any atom is -0.382 e. The van der Waals surface area contributed by atoms with E-state index in [-0.39, 0.29) is 0 Å². The third-order valence-corrected chi connectivity index (χ3v) is 3.63. The number of hydrogen-bond acceptors (Lipinski definition) is 2. The monoisotopic (exact) mass is 227 g/mol. The molecule has 1 fully saturated rings. The Morgan fingerprint density at radius 2 is 2.00 bits per heavy atom. The van der Waals surface area contributed by atoms with E-state index in [2.05, 4.69) is 19.2 Å². The quantitative estimate of drug-likeness (QED) is 0.610. The van der Waals surface area contributed by atoms with Crippen molar-refractivity contribution in [3.05, 3.63) is 0 Å². The highest BCUT2D eigenvalue weighted by molar-refractivity contribution is 4.75. The van der Waals surface area contributed by atoms with E-state index >= 15 is 0 Å². The van der Waals surface area contributed by atoms with Crippen LogP contribution in [0.15, 0.2) is 0 Å². The molecule has 0 saturated heterocycles. The molecule has 2 heteroatoms. The second-order valence-corrected chi connectivity index (χ2v) is 4.98. The van der Waals surface area contributed by atoms with Crippen molar-refractivity contribution in [3.63, 3.8) is 0 Å². The number of rotatable bonds is 9. The van der Waals surface area contributed by atoms with Gasteiger partial charge in [0.05, 0.1) is 0 Å². The molecule has 1 rings (SSSR count). The molecule has 0 radical (unpaired) electrons. The molecule has 0 aromatic rings. The molecule has 1 aliphatic carbocycles. The normalized spacial score (nSPS) is 19.1. The van der Waals surface area contributed by atoms with Gasteiger partial charge in [-0.05, 0) is 38.6 Å². The Morgan fingerprint density at radius 3 is 2.62 bits per heavy atom. The molecule has 0 bridgehead atoms. The highest BCUT2D eigenvalue weighted by Crippen LogP contribution is 2.29. The fraction of sp³-hybridized carbons (Fsp3) is 1.00. The minimum atomic E-state index is 0.730. The van der Waals surface area contributed by atoms with Gasteiger partial charge in [-0.3, -0.25) is 0 Å². The molecule has 96 valence electrons. The Labute approximate surface area is 101 Å². The number of hydrogen-bond donors (Lipinski definition) is 1. The summed E-state index contributed by atoms with van der Waals surface area (Å²) in [4.78, 5) is 0. The molecule has 1 N–H and O–H groups in total. The predicted molar refractivity (Wildman–Crippen MR) is 69.8 cm³/mol. The van der Waals surface area contributed by atoms with Gasteiger partial charge in [0.25, 0.3) is 0 Å². The van der Waals surface area contributed by atoms with Crippen LogP contribution in [0, 0.1) is 5.92 Å². The fourth-order valence-corrected chi connectivity index (χ4v) is 2.82. The summed E-state index contributed by atoms with van der Waals surface area (Å²) < 4.78 is 5.40. The van der Waals surface area contributed by atoms with Crippen LogP contribution in [0.2, 0.25) is 0 Å². The maximum atomic E-state index is 5.40. The molecule has 16 heavy (non-hydrogen) atoms. The van der Waals surface area contributed by atoms with Gasteiger partial charge in [0.1, 0.15) is 0 Å². The summed E-state index contributed by atoms with van der Waals surface area (Å²) in [5.41, 5.74) is 0. The van der Waals surface area contributed by atoms with Crippen molar-refractivity contribution >= 4 is 0 Å². The standard InChI is InChI=1S/C14H29NO/c1-3-15-14(10-7-11-16-4-2)12-13-8-5-6-9-13/h13-15H,3-12H2,1-2H3. The van der Waals surface area contributed by atoms with E-state index in [1.165, 1.54) is 44.9 Å². The SMILES string of the molecule is CCNC(CCCOCC)CC1CCCC1. The molecule has 2 nitrogen and oxygen atoms in total. The Bertz CT molecular complexity index is 155. The largest absolute Gasteiger partial charge is 0.382 e. The van der Waals surface area contributed by atoms with Crippen molar-refractivity contribution in [2.45, 2.75) is 64.8 Å². The smallest absolute Gasteiger partial charge is 0.0466 e. The molecule has 0 aromatic carbocycles. The Balaban J connectivity index is 2.12. The van der Waals surface area contributed by atoms with Gasteiger partial charge in [0.2, 0.25) is 0 Å². The molecular formula is C14H29NO. The average molecular weight is 227 g/mol. The molecule has 0 aromatic heterocycles. The summed E-state index contributed by atoms with van der Waals surface area (Å²) in [7, 11) is 0. The zero-order valence-corrected chi connectivity index (χ0v) is 11.1. The van der Waals surface area contributed by atoms with Gasteiger partial charge in [-0.25, -0.2) is 0 Å². The second-order valence-electron chi connectivity index (χ2n) is 4.98. The van der Waals surface area contributed by atoms with Crippen molar-refractivity contribution in [3.8, 4) is 0 Å². The molecule has 0 amide bonds. The van der Waals surface area contributed by atoms with Crippen LogP contribution in [0.3, 0.4) is 0 Å². The fourth-order valence-electron chi connectivity index (χ4n) is 2.82. The van der Waals surface area contributed by atoms with E-state index in [1.807, 2.05) is 0 Å². The van der Waals surface area contributed by atoms with Crippen LogP contribution in [0.5, 0.6) is 0 Å².